The maximum absolute atomic E-state index is 13.8. The number of aliphatic hydroxyl groups excluding tert-OH is 1. The number of benzene rings is 1. The van der Waals surface area contributed by atoms with Crippen molar-refractivity contribution in [2.45, 2.75) is 31.8 Å². The Bertz CT molecular complexity index is 424. The van der Waals surface area contributed by atoms with Crippen LogP contribution in [-0.2, 0) is 0 Å². The number of hydrogen-bond acceptors (Lipinski definition) is 2. The lowest BCUT2D eigenvalue weighted by Gasteiger charge is -2.35. The summed E-state index contributed by atoms with van der Waals surface area (Å²) in [5.74, 6) is -3.13. The molecule has 0 saturated carbocycles. The van der Waals surface area contributed by atoms with Crippen LogP contribution in [0.4, 0.5) is 18.9 Å². The zero-order valence-corrected chi connectivity index (χ0v) is 10.2. The van der Waals surface area contributed by atoms with Crippen LogP contribution in [-0.4, -0.2) is 24.1 Å². The number of para-hydroxylation sites is 1. The van der Waals surface area contributed by atoms with Crippen LogP contribution in [0.2, 0.25) is 0 Å². The Labute approximate surface area is 104 Å². The molecule has 0 spiro atoms. The topological polar surface area (TPSA) is 23.5 Å². The maximum atomic E-state index is 13.8. The quantitative estimate of drug-likeness (QED) is 0.882. The van der Waals surface area contributed by atoms with E-state index in [0.717, 1.165) is 0 Å². The normalized spacial score (nSPS) is 20.8. The number of rotatable bonds is 2. The summed E-state index contributed by atoms with van der Waals surface area (Å²) in [5, 5.41) is 9.62. The van der Waals surface area contributed by atoms with Gasteiger partial charge in [0.05, 0.1) is 11.8 Å². The largest absolute Gasteiger partial charge is 0.389 e. The summed E-state index contributed by atoms with van der Waals surface area (Å²) in [6.07, 6.45) is -1.38. The number of halogens is 3. The SMILES string of the molecule is C[C@H](O)c1cccc(F)c1N1CCC(F)(F)CC1. The second-order valence-corrected chi connectivity index (χ2v) is 4.70. The third-order valence-corrected chi connectivity index (χ3v) is 3.28. The van der Waals surface area contributed by atoms with Gasteiger partial charge in [0.15, 0.2) is 0 Å². The Kier molecular flexibility index (Phi) is 3.52. The van der Waals surface area contributed by atoms with Crippen LogP contribution in [0.1, 0.15) is 31.4 Å². The molecule has 1 fully saturated rings. The minimum Gasteiger partial charge on any atom is -0.389 e. The van der Waals surface area contributed by atoms with E-state index in [4.69, 9.17) is 0 Å². The van der Waals surface area contributed by atoms with E-state index < -0.39 is 17.8 Å². The van der Waals surface area contributed by atoms with E-state index in [1.807, 2.05) is 0 Å². The number of anilines is 1. The first-order valence-corrected chi connectivity index (χ1v) is 6.00. The van der Waals surface area contributed by atoms with Crippen LogP contribution >= 0.6 is 0 Å². The molecule has 1 N–H and O–H groups in total. The molecule has 0 radical (unpaired) electrons. The molecule has 1 aromatic carbocycles. The zero-order chi connectivity index (χ0) is 13.3. The molecule has 0 unspecified atom stereocenters. The minimum absolute atomic E-state index is 0.105. The monoisotopic (exact) mass is 259 g/mol. The lowest BCUT2D eigenvalue weighted by Crippen LogP contribution is -2.40. The van der Waals surface area contributed by atoms with Gasteiger partial charge >= 0.3 is 0 Å². The van der Waals surface area contributed by atoms with Crippen LogP contribution in [0.3, 0.4) is 0 Å². The van der Waals surface area contributed by atoms with Crippen LogP contribution in [0.25, 0.3) is 0 Å². The zero-order valence-electron chi connectivity index (χ0n) is 10.2. The molecule has 1 saturated heterocycles. The minimum atomic E-state index is -2.66. The van der Waals surface area contributed by atoms with E-state index >= 15 is 0 Å². The molecule has 1 heterocycles. The van der Waals surface area contributed by atoms with E-state index in [1.54, 1.807) is 11.0 Å². The van der Waals surface area contributed by atoms with Crippen LogP contribution in [0.15, 0.2) is 18.2 Å². The molecule has 0 aromatic heterocycles. The Morgan fingerprint density at radius 1 is 1.28 bits per heavy atom. The third kappa shape index (κ3) is 2.61. The Morgan fingerprint density at radius 3 is 2.44 bits per heavy atom. The summed E-state index contributed by atoms with van der Waals surface area (Å²) < 4.78 is 40.0. The molecule has 1 aliphatic rings. The maximum Gasteiger partial charge on any atom is 0.251 e. The first-order valence-electron chi connectivity index (χ1n) is 6.00. The van der Waals surface area contributed by atoms with Crippen molar-refractivity contribution < 1.29 is 18.3 Å². The third-order valence-electron chi connectivity index (χ3n) is 3.28. The Hall–Kier alpha value is -1.23. The molecule has 100 valence electrons. The molecule has 0 amide bonds. The average Bonchev–Trinajstić information content (AvgIpc) is 2.29. The molecule has 1 aliphatic heterocycles. The van der Waals surface area contributed by atoms with Gasteiger partial charge in [0, 0.05) is 31.5 Å². The lowest BCUT2D eigenvalue weighted by atomic mass is 10.0. The lowest BCUT2D eigenvalue weighted by molar-refractivity contribution is -0.0222. The van der Waals surface area contributed by atoms with Crippen molar-refractivity contribution in [3.05, 3.63) is 29.6 Å². The van der Waals surface area contributed by atoms with Crippen molar-refractivity contribution in [3.63, 3.8) is 0 Å². The first kappa shape index (κ1) is 13.2. The van der Waals surface area contributed by atoms with Gasteiger partial charge in [-0.3, -0.25) is 0 Å². The van der Waals surface area contributed by atoms with Gasteiger partial charge in [-0.2, -0.15) is 0 Å². The van der Waals surface area contributed by atoms with Crippen molar-refractivity contribution >= 4 is 5.69 Å². The van der Waals surface area contributed by atoms with Crippen molar-refractivity contribution in [3.8, 4) is 0 Å². The van der Waals surface area contributed by atoms with E-state index in [1.165, 1.54) is 19.1 Å². The number of piperidine rings is 1. The molecule has 0 bridgehead atoms. The summed E-state index contributed by atoms with van der Waals surface area (Å²) in [6, 6.07) is 4.42. The van der Waals surface area contributed by atoms with Gasteiger partial charge in [0.25, 0.3) is 5.92 Å². The van der Waals surface area contributed by atoms with Gasteiger partial charge in [0.1, 0.15) is 5.82 Å². The number of alkyl halides is 2. The molecule has 5 heteroatoms. The Morgan fingerprint density at radius 2 is 1.89 bits per heavy atom. The summed E-state index contributed by atoms with van der Waals surface area (Å²) in [4.78, 5) is 1.59. The molecule has 1 atom stereocenters. The van der Waals surface area contributed by atoms with E-state index in [9.17, 15) is 18.3 Å². The van der Waals surface area contributed by atoms with Gasteiger partial charge in [-0.1, -0.05) is 12.1 Å². The van der Waals surface area contributed by atoms with Crippen molar-refractivity contribution in [1.29, 1.82) is 0 Å². The predicted octanol–water partition coefficient (Wildman–Crippen LogP) is 3.11. The molecule has 18 heavy (non-hydrogen) atoms. The van der Waals surface area contributed by atoms with Crippen molar-refractivity contribution in [2.75, 3.05) is 18.0 Å². The van der Waals surface area contributed by atoms with Crippen molar-refractivity contribution in [1.82, 2.24) is 0 Å². The molecule has 2 rings (SSSR count). The number of hydrogen-bond donors (Lipinski definition) is 1. The fourth-order valence-corrected chi connectivity index (χ4v) is 2.26. The van der Waals surface area contributed by atoms with Gasteiger partial charge < -0.3 is 10.0 Å². The molecular formula is C13H16F3NO. The predicted molar refractivity (Wildman–Crippen MR) is 63.4 cm³/mol. The summed E-state index contributed by atoms with van der Waals surface area (Å²) in [6.45, 7) is 1.75. The second-order valence-electron chi connectivity index (χ2n) is 4.70. The molecule has 0 aliphatic carbocycles. The van der Waals surface area contributed by atoms with Gasteiger partial charge in [-0.15, -0.1) is 0 Å². The fraction of sp³-hybridized carbons (Fsp3) is 0.538. The fourth-order valence-electron chi connectivity index (χ4n) is 2.26. The molecule has 1 aromatic rings. The van der Waals surface area contributed by atoms with Crippen LogP contribution in [0.5, 0.6) is 0 Å². The second kappa shape index (κ2) is 4.80. The van der Waals surface area contributed by atoms with E-state index in [-0.39, 0.29) is 31.6 Å². The van der Waals surface area contributed by atoms with E-state index in [2.05, 4.69) is 0 Å². The van der Waals surface area contributed by atoms with Gasteiger partial charge in [0.2, 0.25) is 0 Å². The summed E-state index contributed by atoms with van der Waals surface area (Å²) >= 11 is 0. The van der Waals surface area contributed by atoms with Crippen molar-refractivity contribution in [2.24, 2.45) is 0 Å². The van der Waals surface area contributed by atoms with Crippen LogP contribution in [0, 0.1) is 5.82 Å². The number of nitrogens with zero attached hydrogens (tertiary/aromatic N) is 1. The summed E-state index contributed by atoms with van der Waals surface area (Å²) in [7, 11) is 0. The number of aliphatic hydroxyl groups is 1. The highest BCUT2D eigenvalue weighted by Crippen LogP contribution is 2.35. The van der Waals surface area contributed by atoms with E-state index in [0.29, 0.717) is 5.56 Å². The van der Waals surface area contributed by atoms with Gasteiger partial charge in [-0.25, -0.2) is 13.2 Å². The smallest absolute Gasteiger partial charge is 0.251 e. The Balaban J connectivity index is 2.28. The molecular weight excluding hydrogens is 243 g/mol. The first-order chi connectivity index (χ1) is 8.41. The highest BCUT2D eigenvalue weighted by molar-refractivity contribution is 5.56. The standard InChI is InChI=1S/C13H16F3NO/c1-9(18)10-3-2-4-11(14)12(10)17-7-5-13(15,16)6-8-17/h2-4,9,18H,5-8H2,1H3/t9-/m0/s1. The molecule has 2 nitrogen and oxygen atoms in total. The average molecular weight is 259 g/mol. The highest BCUT2D eigenvalue weighted by Gasteiger charge is 2.35. The summed E-state index contributed by atoms with van der Waals surface area (Å²) in [5.41, 5.74) is 0.697. The van der Waals surface area contributed by atoms with Gasteiger partial charge in [-0.05, 0) is 13.0 Å². The van der Waals surface area contributed by atoms with Crippen LogP contribution < -0.4 is 4.90 Å². The highest BCUT2D eigenvalue weighted by atomic mass is 19.3.